The molecule has 0 fully saturated rings. The Balaban J connectivity index is 1.95. The predicted molar refractivity (Wildman–Crippen MR) is 82.7 cm³/mol. The Labute approximate surface area is 129 Å². The fraction of sp³-hybridized carbons (Fsp3) is 0.400. The number of hydrogen-bond donors (Lipinski definition) is 2. The summed E-state index contributed by atoms with van der Waals surface area (Å²) in [5, 5.41) is 10.4. The molecule has 118 valence electrons. The van der Waals surface area contributed by atoms with Crippen LogP contribution in [0, 0.1) is 6.92 Å². The number of benzene rings is 1. The highest BCUT2D eigenvalue weighted by Crippen LogP contribution is 2.20. The third kappa shape index (κ3) is 4.56. The van der Waals surface area contributed by atoms with Gasteiger partial charge >= 0.3 is 0 Å². The summed E-state index contributed by atoms with van der Waals surface area (Å²) in [6.07, 6.45) is 4.10. The van der Waals surface area contributed by atoms with Gasteiger partial charge in [-0.2, -0.15) is 0 Å². The van der Waals surface area contributed by atoms with Crippen molar-refractivity contribution in [3.05, 3.63) is 41.7 Å². The van der Waals surface area contributed by atoms with Crippen LogP contribution in [-0.2, 0) is 6.54 Å². The maximum absolute atomic E-state index is 12.3. The SMILES string of the molecule is Cc1ccc(C(=O)NCCn2ccnn2)c(OCCCN)c1. The number of carbonyl (C=O) groups is 1. The van der Waals surface area contributed by atoms with Crippen LogP contribution in [0.2, 0.25) is 0 Å². The fourth-order valence-corrected chi connectivity index (χ4v) is 1.93. The van der Waals surface area contributed by atoms with Gasteiger partial charge in [0.25, 0.3) is 5.91 Å². The van der Waals surface area contributed by atoms with E-state index in [2.05, 4.69) is 15.6 Å². The molecule has 0 atom stereocenters. The lowest BCUT2D eigenvalue weighted by atomic mass is 10.1. The Morgan fingerprint density at radius 3 is 3.05 bits per heavy atom. The third-order valence-corrected chi connectivity index (χ3v) is 3.09. The molecule has 0 saturated carbocycles. The van der Waals surface area contributed by atoms with E-state index < -0.39 is 0 Å². The lowest BCUT2D eigenvalue weighted by molar-refractivity contribution is 0.0947. The lowest BCUT2D eigenvalue weighted by Gasteiger charge is -2.12. The molecule has 0 unspecified atom stereocenters. The van der Waals surface area contributed by atoms with Crippen LogP contribution < -0.4 is 15.8 Å². The molecular weight excluding hydrogens is 282 g/mol. The normalized spacial score (nSPS) is 10.5. The molecular formula is C15H21N5O2. The number of nitrogens with two attached hydrogens (primary N) is 1. The summed E-state index contributed by atoms with van der Waals surface area (Å²) in [5.41, 5.74) is 7.03. The molecule has 7 heteroatoms. The predicted octanol–water partition coefficient (Wildman–Crippen LogP) is 0.744. The van der Waals surface area contributed by atoms with Crippen LogP contribution in [0.5, 0.6) is 5.75 Å². The van der Waals surface area contributed by atoms with Crippen LogP contribution in [-0.4, -0.2) is 40.6 Å². The van der Waals surface area contributed by atoms with Gasteiger partial charge in [0.1, 0.15) is 5.75 Å². The first kappa shape index (κ1) is 16.0. The van der Waals surface area contributed by atoms with E-state index in [1.807, 2.05) is 19.1 Å². The van der Waals surface area contributed by atoms with Gasteiger partial charge in [0.2, 0.25) is 0 Å². The highest BCUT2D eigenvalue weighted by Gasteiger charge is 2.12. The standard InChI is InChI=1S/C15H21N5O2/c1-12-3-4-13(14(11-12)22-10-2-5-16)15(21)17-6-8-20-9-7-18-19-20/h3-4,7,9,11H,2,5-6,8,10,16H2,1H3,(H,17,21). The fourth-order valence-electron chi connectivity index (χ4n) is 1.93. The topological polar surface area (TPSA) is 95.1 Å². The third-order valence-electron chi connectivity index (χ3n) is 3.09. The maximum Gasteiger partial charge on any atom is 0.255 e. The number of nitrogens with one attached hydrogen (secondary N) is 1. The van der Waals surface area contributed by atoms with Crippen LogP contribution in [0.25, 0.3) is 0 Å². The number of carbonyl (C=O) groups excluding carboxylic acids is 1. The first-order valence-electron chi connectivity index (χ1n) is 7.26. The van der Waals surface area contributed by atoms with Crippen molar-refractivity contribution >= 4 is 5.91 Å². The second-order valence-corrected chi connectivity index (χ2v) is 4.91. The number of aromatic nitrogens is 3. The van der Waals surface area contributed by atoms with Gasteiger partial charge in [-0.15, -0.1) is 5.10 Å². The van der Waals surface area contributed by atoms with E-state index in [0.29, 0.717) is 37.6 Å². The number of rotatable bonds is 8. The van der Waals surface area contributed by atoms with Crippen molar-refractivity contribution in [1.82, 2.24) is 20.3 Å². The van der Waals surface area contributed by atoms with Gasteiger partial charge in [-0.25, -0.2) is 0 Å². The van der Waals surface area contributed by atoms with Gasteiger partial charge in [0.15, 0.2) is 0 Å². The van der Waals surface area contributed by atoms with Crippen molar-refractivity contribution in [2.45, 2.75) is 19.9 Å². The zero-order valence-corrected chi connectivity index (χ0v) is 12.7. The molecule has 7 nitrogen and oxygen atoms in total. The largest absolute Gasteiger partial charge is 0.493 e. The van der Waals surface area contributed by atoms with Gasteiger partial charge in [-0.05, 0) is 37.6 Å². The summed E-state index contributed by atoms with van der Waals surface area (Å²) >= 11 is 0. The highest BCUT2D eigenvalue weighted by molar-refractivity contribution is 5.97. The summed E-state index contributed by atoms with van der Waals surface area (Å²) in [6, 6.07) is 5.53. The van der Waals surface area contributed by atoms with E-state index in [1.165, 1.54) is 0 Å². The minimum Gasteiger partial charge on any atom is -0.493 e. The zero-order chi connectivity index (χ0) is 15.8. The Bertz CT molecular complexity index is 598. The Hall–Kier alpha value is -2.41. The van der Waals surface area contributed by atoms with Crippen LogP contribution >= 0.6 is 0 Å². The number of amides is 1. The monoisotopic (exact) mass is 303 g/mol. The zero-order valence-electron chi connectivity index (χ0n) is 12.7. The Kier molecular flexibility index (Phi) is 5.91. The molecule has 0 aliphatic carbocycles. The second-order valence-electron chi connectivity index (χ2n) is 4.91. The van der Waals surface area contributed by atoms with Crippen molar-refractivity contribution in [2.24, 2.45) is 5.73 Å². The lowest BCUT2D eigenvalue weighted by Crippen LogP contribution is -2.28. The molecule has 0 saturated heterocycles. The van der Waals surface area contributed by atoms with Crippen LogP contribution in [0.3, 0.4) is 0 Å². The van der Waals surface area contributed by atoms with E-state index in [-0.39, 0.29) is 5.91 Å². The van der Waals surface area contributed by atoms with Crippen molar-refractivity contribution in [3.63, 3.8) is 0 Å². The molecule has 1 heterocycles. The second kappa shape index (κ2) is 8.14. The maximum atomic E-state index is 12.3. The molecule has 22 heavy (non-hydrogen) atoms. The molecule has 0 bridgehead atoms. The van der Waals surface area contributed by atoms with Gasteiger partial charge in [0.05, 0.1) is 24.9 Å². The average Bonchev–Trinajstić information content (AvgIpc) is 3.01. The first-order chi connectivity index (χ1) is 10.7. The van der Waals surface area contributed by atoms with E-state index in [0.717, 1.165) is 12.0 Å². The summed E-state index contributed by atoms with van der Waals surface area (Å²) in [7, 11) is 0. The molecule has 1 amide bonds. The van der Waals surface area contributed by atoms with E-state index in [9.17, 15) is 4.79 Å². The van der Waals surface area contributed by atoms with Gasteiger partial charge in [-0.1, -0.05) is 11.3 Å². The van der Waals surface area contributed by atoms with Gasteiger partial charge < -0.3 is 15.8 Å². The van der Waals surface area contributed by atoms with Crippen molar-refractivity contribution < 1.29 is 9.53 Å². The van der Waals surface area contributed by atoms with Crippen LogP contribution in [0.1, 0.15) is 22.3 Å². The molecule has 2 aromatic rings. The summed E-state index contributed by atoms with van der Waals surface area (Å²) in [6.45, 7) is 4.06. The summed E-state index contributed by atoms with van der Waals surface area (Å²) in [4.78, 5) is 12.3. The van der Waals surface area contributed by atoms with Crippen LogP contribution in [0.15, 0.2) is 30.6 Å². The smallest absolute Gasteiger partial charge is 0.255 e. The summed E-state index contributed by atoms with van der Waals surface area (Å²) < 4.78 is 7.32. The molecule has 0 spiro atoms. The van der Waals surface area contributed by atoms with Crippen LogP contribution in [0.4, 0.5) is 0 Å². The minimum atomic E-state index is -0.164. The minimum absolute atomic E-state index is 0.164. The Morgan fingerprint density at radius 1 is 1.45 bits per heavy atom. The Morgan fingerprint density at radius 2 is 2.32 bits per heavy atom. The first-order valence-corrected chi connectivity index (χ1v) is 7.26. The number of nitrogens with zero attached hydrogens (tertiary/aromatic N) is 3. The molecule has 0 aliphatic rings. The highest BCUT2D eigenvalue weighted by atomic mass is 16.5. The van der Waals surface area contributed by atoms with Crippen molar-refractivity contribution in [2.75, 3.05) is 19.7 Å². The van der Waals surface area contributed by atoms with Gasteiger partial charge in [-0.3, -0.25) is 9.48 Å². The van der Waals surface area contributed by atoms with E-state index >= 15 is 0 Å². The molecule has 0 aliphatic heterocycles. The molecule has 1 aromatic carbocycles. The number of hydrogen-bond acceptors (Lipinski definition) is 5. The van der Waals surface area contributed by atoms with Gasteiger partial charge in [0, 0.05) is 12.7 Å². The summed E-state index contributed by atoms with van der Waals surface area (Å²) in [5.74, 6) is 0.426. The molecule has 2 rings (SSSR count). The van der Waals surface area contributed by atoms with Crippen molar-refractivity contribution in [1.29, 1.82) is 0 Å². The molecule has 3 N–H and O–H groups in total. The van der Waals surface area contributed by atoms with E-state index in [4.69, 9.17) is 10.5 Å². The van der Waals surface area contributed by atoms with Crippen molar-refractivity contribution in [3.8, 4) is 5.75 Å². The molecule has 1 aromatic heterocycles. The number of aryl methyl sites for hydroxylation is 1. The van der Waals surface area contributed by atoms with E-state index in [1.54, 1.807) is 23.1 Å². The average molecular weight is 303 g/mol. The quantitative estimate of drug-likeness (QED) is 0.702. The number of ether oxygens (including phenoxy) is 1. The molecule has 0 radical (unpaired) electrons.